The highest BCUT2D eigenvalue weighted by Gasteiger charge is 2.22. The van der Waals surface area contributed by atoms with Gasteiger partial charge >= 0.3 is 0 Å². The molecule has 1 aliphatic rings. The van der Waals surface area contributed by atoms with Crippen molar-refractivity contribution in [1.29, 1.82) is 5.26 Å². The molecule has 1 atom stereocenters. The number of nitrogens with two attached hydrogens (primary N) is 1. The Kier molecular flexibility index (Phi) is 3.81. The van der Waals surface area contributed by atoms with Crippen molar-refractivity contribution >= 4 is 17.2 Å². The molecule has 2 aromatic rings. The summed E-state index contributed by atoms with van der Waals surface area (Å²) >= 11 is 0. The van der Waals surface area contributed by atoms with E-state index in [1.165, 1.54) is 11.6 Å². The van der Waals surface area contributed by atoms with Crippen molar-refractivity contribution in [3.63, 3.8) is 0 Å². The van der Waals surface area contributed by atoms with Gasteiger partial charge in [0.25, 0.3) is 5.69 Å². The van der Waals surface area contributed by atoms with E-state index >= 15 is 0 Å². The standard InChI is InChI=1S/C16H15N5O2/c17-8-11-7-13(21(22)23)9-19-16(11)20-15-3-1-2-10-6-12(18)4-5-14(10)15/h4-7,9,15H,1-3,18H2,(H,19,20). The lowest BCUT2D eigenvalue weighted by atomic mass is 9.87. The largest absolute Gasteiger partial charge is 0.399 e. The summed E-state index contributed by atoms with van der Waals surface area (Å²) in [6.07, 6.45) is 4.04. The number of anilines is 2. The molecular formula is C16H15N5O2. The Labute approximate surface area is 132 Å². The van der Waals surface area contributed by atoms with Crippen LogP contribution in [0.5, 0.6) is 0 Å². The van der Waals surface area contributed by atoms with Crippen molar-refractivity contribution in [2.24, 2.45) is 0 Å². The predicted octanol–water partition coefficient (Wildman–Crippen LogP) is 2.93. The number of hydrogen-bond donors (Lipinski definition) is 2. The zero-order valence-electron chi connectivity index (χ0n) is 12.3. The average Bonchev–Trinajstić information content (AvgIpc) is 2.55. The number of benzene rings is 1. The van der Waals surface area contributed by atoms with E-state index in [0.717, 1.165) is 36.7 Å². The Morgan fingerprint density at radius 2 is 2.26 bits per heavy atom. The first-order chi connectivity index (χ1) is 11.1. The fraction of sp³-hybridized carbons (Fsp3) is 0.250. The van der Waals surface area contributed by atoms with Crippen LogP contribution in [0.2, 0.25) is 0 Å². The van der Waals surface area contributed by atoms with E-state index in [9.17, 15) is 15.4 Å². The van der Waals surface area contributed by atoms with Crippen molar-refractivity contribution in [1.82, 2.24) is 4.98 Å². The first-order valence-corrected chi connectivity index (χ1v) is 7.28. The van der Waals surface area contributed by atoms with Gasteiger partial charge in [-0.3, -0.25) is 10.1 Å². The van der Waals surface area contributed by atoms with E-state index in [2.05, 4.69) is 10.3 Å². The predicted molar refractivity (Wildman–Crippen MR) is 85.8 cm³/mol. The minimum atomic E-state index is -0.559. The van der Waals surface area contributed by atoms with Gasteiger partial charge in [-0.2, -0.15) is 5.26 Å². The van der Waals surface area contributed by atoms with Crippen molar-refractivity contribution < 1.29 is 4.92 Å². The summed E-state index contributed by atoms with van der Waals surface area (Å²) < 4.78 is 0. The van der Waals surface area contributed by atoms with Crippen LogP contribution in [-0.4, -0.2) is 9.91 Å². The zero-order chi connectivity index (χ0) is 16.4. The van der Waals surface area contributed by atoms with E-state index in [0.29, 0.717) is 5.82 Å². The summed E-state index contributed by atoms with van der Waals surface area (Å²) in [5, 5.41) is 23.3. The van der Waals surface area contributed by atoms with Gasteiger partial charge in [0, 0.05) is 11.8 Å². The number of nitrogens with zero attached hydrogens (tertiary/aromatic N) is 3. The minimum Gasteiger partial charge on any atom is -0.399 e. The van der Waals surface area contributed by atoms with Gasteiger partial charge in [-0.15, -0.1) is 0 Å². The van der Waals surface area contributed by atoms with E-state index < -0.39 is 4.92 Å². The number of nitrogens with one attached hydrogen (secondary N) is 1. The van der Waals surface area contributed by atoms with Crippen LogP contribution in [0.1, 0.15) is 35.6 Å². The molecule has 116 valence electrons. The van der Waals surface area contributed by atoms with Crippen molar-refractivity contribution in [3.8, 4) is 6.07 Å². The molecule has 3 rings (SSSR count). The molecule has 0 bridgehead atoms. The van der Waals surface area contributed by atoms with Crippen LogP contribution in [0, 0.1) is 21.4 Å². The molecule has 7 nitrogen and oxygen atoms in total. The van der Waals surface area contributed by atoms with Gasteiger partial charge in [-0.05, 0) is 42.5 Å². The summed E-state index contributed by atoms with van der Waals surface area (Å²) in [6, 6.07) is 9.03. The van der Waals surface area contributed by atoms with Crippen LogP contribution in [0.15, 0.2) is 30.5 Å². The van der Waals surface area contributed by atoms with Crippen LogP contribution in [0.3, 0.4) is 0 Å². The van der Waals surface area contributed by atoms with E-state index in [-0.39, 0.29) is 17.3 Å². The quantitative estimate of drug-likeness (QED) is 0.511. The topological polar surface area (TPSA) is 118 Å². The Morgan fingerprint density at radius 1 is 1.43 bits per heavy atom. The third-order valence-electron chi connectivity index (χ3n) is 4.00. The molecule has 0 spiro atoms. The number of nitriles is 1. The van der Waals surface area contributed by atoms with Crippen LogP contribution >= 0.6 is 0 Å². The molecule has 0 aliphatic heterocycles. The number of nitro groups is 1. The highest BCUT2D eigenvalue weighted by molar-refractivity contribution is 5.57. The van der Waals surface area contributed by atoms with E-state index in [1.54, 1.807) is 0 Å². The lowest BCUT2D eigenvalue weighted by Gasteiger charge is -2.27. The molecule has 0 saturated heterocycles. The molecule has 0 radical (unpaired) electrons. The third-order valence-corrected chi connectivity index (χ3v) is 4.00. The number of pyridine rings is 1. The average molecular weight is 309 g/mol. The van der Waals surface area contributed by atoms with Crippen LogP contribution in [0.25, 0.3) is 0 Å². The molecule has 23 heavy (non-hydrogen) atoms. The highest BCUT2D eigenvalue weighted by Crippen LogP contribution is 2.34. The Hall–Kier alpha value is -3.14. The lowest BCUT2D eigenvalue weighted by molar-refractivity contribution is -0.385. The smallest absolute Gasteiger partial charge is 0.289 e. The summed E-state index contributed by atoms with van der Waals surface area (Å²) in [6.45, 7) is 0. The molecule has 1 aliphatic carbocycles. The normalized spacial score (nSPS) is 16.2. The van der Waals surface area contributed by atoms with Crippen LogP contribution in [0.4, 0.5) is 17.2 Å². The van der Waals surface area contributed by atoms with Gasteiger partial charge in [-0.25, -0.2) is 4.98 Å². The second kappa shape index (κ2) is 5.93. The molecule has 1 unspecified atom stereocenters. The number of aromatic nitrogens is 1. The van der Waals surface area contributed by atoms with Gasteiger partial charge in [0.15, 0.2) is 0 Å². The highest BCUT2D eigenvalue weighted by atomic mass is 16.6. The van der Waals surface area contributed by atoms with Gasteiger partial charge in [-0.1, -0.05) is 6.07 Å². The molecule has 0 saturated carbocycles. The lowest BCUT2D eigenvalue weighted by Crippen LogP contribution is -2.18. The van der Waals surface area contributed by atoms with Crippen molar-refractivity contribution in [2.75, 3.05) is 11.1 Å². The van der Waals surface area contributed by atoms with Gasteiger partial charge in [0.1, 0.15) is 23.6 Å². The molecule has 3 N–H and O–H groups in total. The molecule has 1 aromatic heterocycles. The number of fused-ring (bicyclic) bond motifs is 1. The first kappa shape index (κ1) is 14.8. The Bertz CT molecular complexity index is 813. The van der Waals surface area contributed by atoms with Crippen LogP contribution in [-0.2, 0) is 6.42 Å². The SMILES string of the molecule is N#Cc1cc([N+](=O)[O-])cnc1NC1CCCc2cc(N)ccc21. The number of aryl methyl sites for hydroxylation is 1. The Balaban J connectivity index is 1.92. The number of hydrogen-bond acceptors (Lipinski definition) is 6. The van der Waals surface area contributed by atoms with E-state index in [4.69, 9.17) is 5.73 Å². The summed E-state index contributed by atoms with van der Waals surface area (Å²) in [5.74, 6) is 0.368. The van der Waals surface area contributed by atoms with E-state index in [1.807, 2.05) is 24.3 Å². The fourth-order valence-electron chi connectivity index (χ4n) is 2.90. The zero-order valence-corrected chi connectivity index (χ0v) is 12.3. The maximum absolute atomic E-state index is 10.8. The van der Waals surface area contributed by atoms with Crippen LogP contribution < -0.4 is 11.1 Å². The number of nitrogen functional groups attached to an aromatic ring is 1. The summed E-state index contributed by atoms with van der Waals surface area (Å²) in [7, 11) is 0. The minimum absolute atomic E-state index is 0.0143. The molecular weight excluding hydrogens is 294 g/mol. The molecule has 0 fully saturated rings. The van der Waals surface area contributed by atoms with Crippen molar-refractivity contribution in [3.05, 3.63) is 57.3 Å². The molecule has 0 amide bonds. The second-order valence-corrected chi connectivity index (χ2v) is 5.51. The summed E-state index contributed by atoms with van der Waals surface area (Å²) in [4.78, 5) is 14.3. The van der Waals surface area contributed by atoms with Gasteiger partial charge in [0.05, 0.1) is 11.0 Å². The van der Waals surface area contributed by atoms with Gasteiger partial charge < -0.3 is 11.1 Å². The third kappa shape index (κ3) is 2.92. The fourth-order valence-corrected chi connectivity index (χ4v) is 2.90. The maximum atomic E-state index is 10.8. The molecule has 7 heteroatoms. The second-order valence-electron chi connectivity index (χ2n) is 5.51. The first-order valence-electron chi connectivity index (χ1n) is 7.28. The summed E-state index contributed by atoms with van der Waals surface area (Å²) in [5.41, 5.74) is 8.86. The number of rotatable bonds is 3. The molecule has 1 heterocycles. The Morgan fingerprint density at radius 3 is 3.00 bits per heavy atom. The van der Waals surface area contributed by atoms with Gasteiger partial charge in [0.2, 0.25) is 0 Å². The molecule has 1 aromatic carbocycles. The maximum Gasteiger partial charge on any atom is 0.289 e. The monoisotopic (exact) mass is 309 g/mol. The van der Waals surface area contributed by atoms with Crippen molar-refractivity contribution in [2.45, 2.75) is 25.3 Å².